The van der Waals surface area contributed by atoms with E-state index in [9.17, 15) is 9.59 Å². The maximum absolute atomic E-state index is 11.7. The van der Waals surface area contributed by atoms with Gasteiger partial charge < -0.3 is 4.74 Å². The van der Waals surface area contributed by atoms with Crippen molar-refractivity contribution in [2.75, 3.05) is 0 Å². The van der Waals surface area contributed by atoms with Crippen molar-refractivity contribution < 1.29 is 14.3 Å². The largest absolute Gasteiger partial charge is 0.386 e. The van der Waals surface area contributed by atoms with Crippen LogP contribution >= 0.6 is 0 Å². The molecule has 3 heteroatoms. The quantitative estimate of drug-likeness (QED) is 0.239. The molecule has 0 spiro atoms. The Morgan fingerprint density at radius 2 is 1.48 bits per heavy atom. The van der Waals surface area contributed by atoms with Crippen LogP contribution in [-0.4, -0.2) is 11.9 Å². The second kappa shape index (κ2) is 10.7. The van der Waals surface area contributed by atoms with Gasteiger partial charge in [-0.15, -0.1) is 0 Å². The van der Waals surface area contributed by atoms with Gasteiger partial charge in [-0.25, -0.2) is 9.59 Å². The van der Waals surface area contributed by atoms with Crippen molar-refractivity contribution in [1.29, 1.82) is 0 Å². The fraction of sp³-hybridized carbons (Fsp3) is 0.545. The van der Waals surface area contributed by atoms with Gasteiger partial charge in [0.2, 0.25) is 0 Å². The molecule has 0 radical (unpaired) electrons. The van der Waals surface area contributed by atoms with Crippen molar-refractivity contribution in [3.8, 4) is 11.8 Å². The number of ether oxygens (including phenoxy) is 1. The molecule has 1 aromatic rings. The summed E-state index contributed by atoms with van der Waals surface area (Å²) >= 11 is 0. The number of rotatable bonds is 10. The second-order valence-corrected chi connectivity index (χ2v) is 6.64. The average Bonchev–Trinajstić information content (AvgIpc) is 2.91. The van der Waals surface area contributed by atoms with Crippen LogP contribution < -0.4 is 0 Å². The molecule has 0 amide bonds. The lowest BCUT2D eigenvalue weighted by Gasteiger charge is -2.00. The molecule has 1 heterocycles. The maximum Gasteiger partial charge on any atom is 0.348 e. The minimum absolute atomic E-state index is 0.322. The Bertz CT molecular complexity index is 649. The molecule has 3 nitrogen and oxygen atoms in total. The molecule has 2 rings (SSSR count). The van der Waals surface area contributed by atoms with E-state index in [2.05, 4.69) is 23.5 Å². The van der Waals surface area contributed by atoms with E-state index in [1.54, 1.807) is 18.2 Å². The van der Waals surface area contributed by atoms with Crippen LogP contribution in [0.25, 0.3) is 0 Å². The van der Waals surface area contributed by atoms with Crippen LogP contribution in [-0.2, 0) is 4.74 Å². The molecule has 0 saturated carbocycles. The number of cyclic esters (lactones) is 2. The van der Waals surface area contributed by atoms with Crippen LogP contribution in [0, 0.1) is 11.8 Å². The molecule has 1 aliphatic rings. The van der Waals surface area contributed by atoms with E-state index in [-0.39, 0.29) is 0 Å². The van der Waals surface area contributed by atoms with Gasteiger partial charge in [-0.2, -0.15) is 0 Å². The Hall–Kier alpha value is -2.08. The summed E-state index contributed by atoms with van der Waals surface area (Å²) in [4.78, 5) is 23.2. The van der Waals surface area contributed by atoms with Crippen molar-refractivity contribution in [3.05, 3.63) is 34.9 Å². The molecule has 25 heavy (non-hydrogen) atoms. The second-order valence-electron chi connectivity index (χ2n) is 6.64. The van der Waals surface area contributed by atoms with Crippen molar-refractivity contribution >= 4 is 11.9 Å². The zero-order valence-electron chi connectivity index (χ0n) is 15.2. The highest BCUT2D eigenvalue weighted by Crippen LogP contribution is 2.23. The monoisotopic (exact) mass is 340 g/mol. The van der Waals surface area contributed by atoms with Gasteiger partial charge in [0.25, 0.3) is 0 Å². The fourth-order valence-corrected chi connectivity index (χ4v) is 3.10. The maximum atomic E-state index is 11.7. The molecular formula is C22H28O3. The van der Waals surface area contributed by atoms with E-state index in [4.69, 9.17) is 0 Å². The predicted molar refractivity (Wildman–Crippen MR) is 99.5 cm³/mol. The third-order valence-electron chi connectivity index (χ3n) is 4.55. The van der Waals surface area contributed by atoms with Gasteiger partial charge in [0.05, 0.1) is 11.1 Å². The first-order chi connectivity index (χ1) is 12.2. The van der Waals surface area contributed by atoms with Gasteiger partial charge in [-0.3, -0.25) is 0 Å². The standard InChI is InChI=1S/C22H28O3/c1-2-3-4-5-6-7-8-9-10-11-12-13-15-18-16-14-17-19-20(18)22(24)25-21(19)23/h14,16-17H,2-12H2,1H3. The summed E-state index contributed by atoms with van der Waals surface area (Å²) in [6.07, 6.45) is 13.9. The van der Waals surface area contributed by atoms with Crippen molar-refractivity contribution in [1.82, 2.24) is 0 Å². The molecule has 0 aromatic heterocycles. The highest BCUT2D eigenvalue weighted by Gasteiger charge is 2.31. The van der Waals surface area contributed by atoms with Gasteiger partial charge in [0.15, 0.2) is 0 Å². The van der Waals surface area contributed by atoms with Crippen LogP contribution in [0.5, 0.6) is 0 Å². The Labute approximate surface area is 151 Å². The van der Waals surface area contributed by atoms with Gasteiger partial charge in [-0.05, 0) is 18.6 Å². The normalized spacial score (nSPS) is 12.5. The van der Waals surface area contributed by atoms with E-state index >= 15 is 0 Å². The van der Waals surface area contributed by atoms with E-state index in [1.807, 2.05) is 0 Å². The minimum Gasteiger partial charge on any atom is -0.386 e. The van der Waals surface area contributed by atoms with Gasteiger partial charge in [0, 0.05) is 12.0 Å². The molecule has 134 valence electrons. The third kappa shape index (κ3) is 6.05. The Morgan fingerprint density at radius 1 is 0.840 bits per heavy atom. The number of carbonyl (C=O) groups is 2. The first-order valence-electron chi connectivity index (χ1n) is 9.62. The number of fused-ring (bicyclic) bond motifs is 1. The summed E-state index contributed by atoms with van der Waals surface area (Å²) in [6, 6.07) is 5.11. The third-order valence-corrected chi connectivity index (χ3v) is 4.55. The molecular weight excluding hydrogens is 312 g/mol. The summed E-state index contributed by atoms with van der Waals surface area (Å²) in [6.45, 7) is 2.25. The number of benzene rings is 1. The number of unbranched alkanes of at least 4 members (excludes halogenated alkanes) is 10. The molecule has 0 bridgehead atoms. The topological polar surface area (TPSA) is 43.4 Å². The number of esters is 2. The van der Waals surface area contributed by atoms with Crippen LogP contribution in [0.1, 0.15) is 104 Å². The lowest BCUT2D eigenvalue weighted by molar-refractivity contribution is 0.0443. The molecule has 0 atom stereocenters. The fourth-order valence-electron chi connectivity index (χ4n) is 3.10. The van der Waals surface area contributed by atoms with Crippen LogP contribution in [0.15, 0.2) is 18.2 Å². The van der Waals surface area contributed by atoms with E-state index in [0.29, 0.717) is 16.7 Å². The van der Waals surface area contributed by atoms with Crippen molar-refractivity contribution in [3.63, 3.8) is 0 Å². The molecule has 1 aliphatic heterocycles. The molecule has 1 aromatic carbocycles. The summed E-state index contributed by atoms with van der Waals surface area (Å²) < 4.78 is 4.64. The summed E-state index contributed by atoms with van der Waals surface area (Å²) in [5, 5.41) is 0. The summed E-state index contributed by atoms with van der Waals surface area (Å²) in [5.41, 5.74) is 1.25. The zero-order chi connectivity index (χ0) is 17.9. The average molecular weight is 340 g/mol. The van der Waals surface area contributed by atoms with Crippen molar-refractivity contribution in [2.24, 2.45) is 0 Å². The Kier molecular flexibility index (Phi) is 8.25. The highest BCUT2D eigenvalue weighted by molar-refractivity contribution is 6.15. The minimum atomic E-state index is -0.580. The van der Waals surface area contributed by atoms with E-state index in [1.165, 1.54) is 57.8 Å². The van der Waals surface area contributed by atoms with Gasteiger partial charge >= 0.3 is 11.9 Å². The lowest BCUT2D eigenvalue weighted by atomic mass is 10.0. The Balaban J connectivity index is 1.63. The lowest BCUT2D eigenvalue weighted by Crippen LogP contribution is -1.98. The zero-order valence-corrected chi connectivity index (χ0v) is 15.2. The van der Waals surface area contributed by atoms with Crippen molar-refractivity contribution in [2.45, 2.75) is 77.6 Å². The van der Waals surface area contributed by atoms with E-state index in [0.717, 1.165) is 12.8 Å². The summed E-state index contributed by atoms with van der Waals surface area (Å²) in [7, 11) is 0. The number of carbonyl (C=O) groups excluding carboxylic acids is 2. The predicted octanol–water partition coefficient (Wildman–Crippen LogP) is 5.66. The van der Waals surface area contributed by atoms with Crippen LogP contribution in [0.3, 0.4) is 0 Å². The molecule has 0 saturated heterocycles. The smallest absolute Gasteiger partial charge is 0.348 e. The summed E-state index contributed by atoms with van der Waals surface area (Å²) in [5.74, 6) is 5.00. The SMILES string of the molecule is CCCCCCCCCCCCC#Cc1cccc2c1C(=O)OC2=O. The van der Waals surface area contributed by atoms with E-state index < -0.39 is 11.9 Å². The highest BCUT2D eigenvalue weighted by atomic mass is 16.6. The first-order valence-corrected chi connectivity index (χ1v) is 9.62. The molecule has 0 N–H and O–H groups in total. The van der Waals surface area contributed by atoms with Gasteiger partial charge in [0.1, 0.15) is 0 Å². The van der Waals surface area contributed by atoms with Gasteiger partial charge in [-0.1, -0.05) is 82.6 Å². The number of hydrogen-bond donors (Lipinski definition) is 0. The first kappa shape index (κ1) is 19.2. The van der Waals surface area contributed by atoms with Crippen LogP contribution in [0.4, 0.5) is 0 Å². The Morgan fingerprint density at radius 3 is 2.16 bits per heavy atom. The molecule has 0 fully saturated rings. The van der Waals surface area contributed by atoms with Crippen LogP contribution in [0.2, 0.25) is 0 Å². The molecule has 0 aliphatic carbocycles. The molecule has 0 unspecified atom stereocenters. The number of hydrogen-bond acceptors (Lipinski definition) is 3.